The van der Waals surface area contributed by atoms with Crippen LogP contribution in [0.15, 0.2) is 97.1 Å². The van der Waals surface area contributed by atoms with Gasteiger partial charge in [-0.2, -0.15) is 0 Å². The highest BCUT2D eigenvalue weighted by molar-refractivity contribution is 5.78. The van der Waals surface area contributed by atoms with E-state index in [0.29, 0.717) is 12.1 Å². The van der Waals surface area contributed by atoms with Crippen LogP contribution in [0.4, 0.5) is 0 Å². The smallest absolute Gasteiger partial charge is 0.0352 e. The third kappa shape index (κ3) is 4.19. The standard InChI is InChI=1S/C34H36N2/c1-3-31(25-13-7-5-8-14-25)35-21-27-17-11-19-29-23-36(32(4-2)26-15-9-6-10-16-26)24-30-20-12-18-28(22-35)34(30)33(27)29/h5-20,31-32H,3-4,21-24H2,1-2H3/t31-,32-/m0/s1. The maximum Gasteiger partial charge on any atom is 0.0352 e. The van der Waals surface area contributed by atoms with Crippen molar-refractivity contribution in [3.05, 3.63) is 130 Å². The topological polar surface area (TPSA) is 6.48 Å². The molecule has 0 aromatic heterocycles. The third-order valence-electron chi connectivity index (χ3n) is 8.24. The highest BCUT2D eigenvalue weighted by Gasteiger charge is 2.31. The van der Waals surface area contributed by atoms with Crippen molar-refractivity contribution in [1.29, 1.82) is 0 Å². The second-order valence-electron chi connectivity index (χ2n) is 10.4. The zero-order chi connectivity index (χ0) is 24.5. The Morgan fingerprint density at radius 1 is 0.472 bits per heavy atom. The minimum atomic E-state index is 0.416. The fourth-order valence-electron chi connectivity index (χ4n) is 6.66. The SMILES string of the molecule is CC[C@@H](c1ccccc1)N1Cc2cccc3c2-c2c(cccc2CN([C@@H](CC)c2ccccc2)C3)C1. The lowest BCUT2D eigenvalue weighted by atomic mass is 9.90. The summed E-state index contributed by atoms with van der Waals surface area (Å²) >= 11 is 0. The highest BCUT2D eigenvalue weighted by atomic mass is 15.2. The maximum absolute atomic E-state index is 2.70. The van der Waals surface area contributed by atoms with E-state index < -0.39 is 0 Å². The first-order valence-corrected chi connectivity index (χ1v) is 13.6. The van der Waals surface area contributed by atoms with E-state index in [0.717, 1.165) is 39.0 Å². The molecule has 182 valence electrons. The molecule has 0 spiro atoms. The molecule has 0 bridgehead atoms. The summed E-state index contributed by atoms with van der Waals surface area (Å²) in [5, 5.41) is 0. The first kappa shape index (κ1) is 23.2. The van der Waals surface area contributed by atoms with Crippen molar-refractivity contribution in [2.24, 2.45) is 0 Å². The molecule has 0 fully saturated rings. The van der Waals surface area contributed by atoms with Gasteiger partial charge in [-0.3, -0.25) is 9.80 Å². The van der Waals surface area contributed by atoms with Crippen molar-refractivity contribution in [2.45, 2.75) is 65.0 Å². The summed E-state index contributed by atoms with van der Waals surface area (Å²) in [6.45, 7) is 8.60. The van der Waals surface area contributed by atoms with Crippen molar-refractivity contribution in [3.63, 3.8) is 0 Å². The molecule has 4 aromatic carbocycles. The average Bonchev–Trinajstić information content (AvgIpc) is 3.20. The molecule has 0 unspecified atom stereocenters. The summed E-state index contributed by atoms with van der Waals surface area (Å²) in [5.74, 6) is 0. The number of rotatable bonds is 6. The summed E-state index contributed by atoms with van der Waals surface area (Å²) < 4.78 is 0. The fraction of sp³-hybridized carbons (Fsp3) is 0.294. The Morgan fingerprint density at radius 2 is 0.806 bits per heavy atom. The van der Waals surface area contributed by atoms with Gasteiger partial charge in [0.05, 0.1) is 0 Å². The molecule has 6 rings (SSSR count). The van der Waals surface area contributed by atoms with Crippen molar-refractivity contribution >= 4 is 0 Å². The number of benzene rings is 4. The largest absolute Gasteiger partial charge is 0.288 e. The van der Waals surface area contributed by atoms with E-state index in [4.69, 9.17) is 0 Å². The second-order valence-corrected chi connectivity index (χ2v) is 10.4. The predicted molar refractivity (Wildman–Crippen MR) is 149 cm³/mol. The normalized spacial score (nSPS) is 17.1. The van der Waals surface area contributed by atoms with Gasteiger partial charge in [0, 0.05) is 38.3 Å². The lowest BCUT2D eigenvalue weighted by Crippen LogP contribution is -2.28. The predicted octanol–water partition coefficient (Wildman–Crippen LogP) is 8.29. The maximum atomic E-state index is 2.70. The Hall–Kier alpha value is -3.20. The molecule has 0 saturated heterocycles. The fourth-order valence-corrected chi connectivity index (χ4v) is 6.66. The Bertz CT molecular complexity index is 1170. The van der Waals surface area contributed by atoms with Crippen molar-refractivity contribution in [2.75, 3.05) is 0 Å². The van der Waals surface area contributed by atoms with E-state index in [1.54, 1.807) is 0 Å². The van der Waals surface area contributed by atoms with Gasteiger partial charge in [-0.25, -0.2) is 0 Å². The van der Waals surface area contributed by atoms with Crippen LogP contribution >= 0.6 is 0 Å². The van der Waals surface area contributed by atoms with Crippen LogP contribution in [0.5, 0.6) is 0 Å². The van der Waals surface area contributed by atoms with Crippen LogP contribution in [-0.4, -0.2) is 9.80 Å². The number of nitrogens with zero attached hydrogens (tertiary/aromatic N) is 2. The van der Waals surface area contributed by atoms with E-state index in [-0.39, 0.29) is 0 Å². The molecule has 2 atom stereocenters. The van der Waals surface area contributed by atoms with Crippen LogP contribution in [0.1, 0.15) is 72.2 Å². The molecule has 0 amide bonds. The molecular formula is C34H36N2. The minimum Gasteiger partial charge on any atom is -0.288 e. The molecule has 0 aliphatic carbocycles. The van der Waals surface area contributed by atoms with Gasteiger partial charge in [0.1, 0.15) is 0 Å². The van der Waals surface area contributed by atoms with Gasteiger partial charge in [0.25, 0.3) is 0 Å². The Balaban J connectivity index is 1.45. The molecule has 0 saturated carbocycles. The first-order chi connectivity index (χ1) is 17.8. The van der Waals surface area contributed by atoms with Crippen LogP contribution < -0.4 is 0 Å². The van der Waals surface area contributed by atoms with Crippen molar-refractivity contribution in [1.82, 2.24) is 9.80 Å². The van der Waals surface area contributed by atoms with E-state index in [9.17, 15) is 0 Å². The summed E-state index contributed by atoms with van der Waals surface area (Å²) in [6, 6.07) is 37.0. The summed E-state index contributed by atoms with van der Waals surface area (Å²) in [4.78, 5) is 5.40. The molecule has 2 heterocycles. The Morgan fingerprint density at radius 3 is 1.11 bits per heavy atom. The highest BCUT2D eigenvalue weighted by Crippen LogP contribution is 2.44. The molecule has 2 aliphatic rings. The van der Waals surface area contributed by atoms with Gasteiger partial charge in [-0.05, 0) is 57.3 Å². The first-order valence-electron chi connectivity index (χ1n) is 13.6. The van der Waals surface area contributed by atoms with Crippen LogP contribution in [0.3, 0.4) is 0 Å². The lowest BCUT2D eigenvalue weighted by Gasteiger charge is -2.32. The number of hydrogen-bond donors (Lipinski definition) is 0. The quantitative estimate of drug-likeness (QED) is 0.278. The zero-order valence-electron chi connectivity index (χ0n) is 21.5. The summed E-state index contributed by atoms with van der Waals surface area (Å²) in [6.07, 6.45) is 2.22. The molecule has 4 aromatic rings. The molecule has 2 aliphatic heterocycles. The van der Waals surface area contributed by atoms with Gasteiger partial charge in [-0.15, -0.1) is 0 Å². The molecule has 36 heavy (non-hydrogen) atoms. The second kappa shape index (κ2) is 10.0. The van der Waals surface area contributed by atoms with Crippen LogP contribution in [0.25, 0.3) is 11.1 Å². The van der Waals surface area contributed by atoms with Crippen LogP contribution in [-0.2, 0) is 26.2 Å². The van der Waals surface area contributed by atoms with E-state index >= 15 is 0 Å². The van der Waals surface area contributed by atoms with E-state index in [2.05, 4.69) is 121 Å². The molecule has 2 heteroatoms. The summed E-state index contributed by atoms with van der Waals surface area (Å²) in [5.41, 5.74) is 11.7. The van der Waals surface area contributed by atoms with Gasteiger partial charge in [0.15, 0.2) is 0 Å². The van der Waals surface area contributed by atoms with Crippen LogP contribution in [0, 0.1) is 0 Å². The third-order valence-corrected chi connectivity index (χ3v) is 8.24. The van der Waals surface area contributed by atoms with Gasteiger partial charge < -0.3 is 0 Å². The average molecular weight is 473 g/mol. The van der Waals surface area contributed by atoms with Crippen LogP contribution in [0.2, 0.25) is 0 Å². The van der Waals surface area contributed by atoms with E-state index in [1.807, 2.05) is 0 Å². The van der Waals surface area contributed by atoms with Crippen molar-refractivity contribution < 1.29 is 0 Å². The molecule has 0 radical (unpaired) electrons. The number of hydrogen-bond acceptors (Lipinski definition) is 2. The molecule has 0 N–H and O–H groups in total. The monoisotopic (exact) mass is 472 g/mol. The van der Waals surface area contributed by atoms with Gasteiger partial charge >= 0.3 is 0 Å². The van der Waals surface area contributed by atoms with Crippen molar-refractivity contribution in [3.8, 4) is 11.1 Å². The zero-order valence-corrected chi connectivity index (χ0v) is 21.5. The Labute approximate surface area is 216 Å². The molecule has 2 nitrogen and oxygen atoms in total. The minimum absolute atomic E-state index is 0.416. The van der Waals surface area contributed by atoms with Gasteiger partial charge in [0.2, 0.25) is 0 Å². The lowest BCUT2D eigenvalue weighted by molar-refractivity contribution is 0.172. The Kier molecular flexibility index (Phi) is 6.48. The molecular weight excluding hydrogens is 436 g/mol. The summed E-state index contributed by atoms with van der Waals surface area (Å²) in [7, 11) is 0. The van der Waals surface area contributed by atoms with Gasteiger partial charge in [-0.1, -0.05) is 111 Å². The van der Waals surface area contributed by atoms with E-state index in [1.165, 1.54) is 44.5 Å².